The number of anilines is 3. The van der Waals surface area contributed by atoms with Crippen molar-refractivity contribution < 1.29 is 9.13 Å². The van der Waals surface area contributed by atoms with Crippen LogP contribution in [0.25, 0.3) is 22.5 Å². The van der Waals surface area contributed by atoms with Crippen LogP contribution in [0.2, 0.25) is 0 Å². The summed E-state index contributed by atoms with van der Waals surface area (Å²) in [5, 5.41) is 0. The van der Waals surface area contributed by atoms with Crippen LogP contribution in [0.1, 0.15) is 17.2 Å². The maximum atomic E-state index is 2.48. The highest BCUT2D eigenvalue weighted by atomic mass is 15.2. The molecule has 5 aromatic rings. The first-order chi connectivity index (χ1) is 16.8. The molecule has 0 aliphatic carbocycles. The zero-order valence-electron chi connectivity index (χ0n) is 19.1. The number of hydrogen-bond donors (Lipinski definition) is 0. The fourth-order valence-corrected chi connectivity index (χ4v) is 5.79. The largest absolute Gasteiger partial charge is 0.310 e. The van der Waals surface area contributed by atoms with Gasteiger partial charge >= 0.3 is 0 Å². The third-order valence-electron chi connectivity index (χ3n) is 7.31. The highest BCUT2D eigenvalue weighted by Crippen LogP contribution is 2.46. The lowest BCUT2D eigenvalue weighted by atomic mass is 9.90. The molecular weight excluding hydrogens is 414 g/mol. The van der Waals surface area contributed by atoms with Crippen LogP contribution in [0.15, 0.2) is 116 Å². The van der Waals surface area contributed by atoms with Crippen molar-refractivity contribution in [3.8, 4) is 22.5 Å². The first kappa shape index (κ1) is 19.2. The predicted octanol–water partition coefficient (Wildman–Crippen LogP) is 6.29. The van der Waals surface area contributed by atoms with E-state index in [9.17, 15) is 0 Å². The van der Waals surface area contributed by atoms with Crippen molar-refractivity contribution in [2.75, 3.05) is 4.90 Å². The van der Waals surface area contributed by atoms with E-state index in [1.807, 2.05) is 0 Å². The smallest absolute Gasteiger partial charge is 0.245 e. The standard InChI is InChI=1S/C31H25N3/c1-22-24-13-9-17-26(22)34(23-11-3-2-4-12-23)29-18-10-14-25-27-15-5-7-19-32(27)21-30(31(25)29)33-20-8-6-16-28(24)33/h2-20,30H,21H2,1H3/q+2. The van der Waals surface area contributed by atoms with E-state index >= 15 is 0 Å². The van der Waals surface area contributed by atoms with Crippen LogP contribution in [-0.4, -0.2) is 0 Å². The highest BCUT2D eigenvalue weighted by molar-refractivity contribution is 5.87. The Morgan fingerprint density at radius 1 is 0.647 bits per heavy atom. The third-order valence-corrected chi connectivity index (χ3v) is 7.31. The van der Waals surface area contributed by atoms with Gasteiger partial charge in [-0.25, -0.2) is 0 Å². The number of para-hydroxylation sites is 1. The Kier molecular flexibility index (Phi) is 4.18. The van der Waals surface area contributed by atoms with Gasteiger partial charge < -0.3 is 4.90 Å². The van der Waals surface area contributed by atoms with E-state index in [4.69, 9.17) is 0 Å². The van der Waals surface area contributed by atoms with Gasteiger partial charge in [0.15, 0.2) is 12.4 Å². The van der Waals surface area contributed by atoms with E-state index in [1.165, 1.54) is 50.7 Å². The van der Waals surface area contributed by atoms with E-state index in [2.05, 4.69) is 136 Å². The number of fused-ring (bicyclic) bond motifs is 7. The predicted molar refractivity (Wildman–Crippen MR) is 135 cm³/mol. The average molecular weight is 440 g/mol. The van der Waals surface area contributed by atoms with Gasteiger partial charge in [0.1, 0.15) is 0 Å². The van der Waals surface area contributed by atoms with Crippen molar-refractivity contribution in [2.45, 2.75) is 19.5 Å². The Bertz CT molecular complexity index is 1550. The Morgan fingerprint density at radius 2 is 1.35 bits per heavy atom. The molecule has 2 aliphatic rings. The molecule has 0 radical (unpaired) electrons. The monoisotopic (exact) mass is 439 g/mol. The van der Waals surface area contributed by atoms with Gasteiger partial charge in [0.25, 0.3) is 0 Å². The SMILES string of the molecule is Cc1c2cccc1N(c1ccccc1)c1cccc3c1C(C[n+]1ccccc1-3)[n+]1ccccc1-2. The van der Waals surface area contributed by atoms with Gasteiger partial charge in [0.2, 0.25) is 24.0 Å². The quantitative estimate of drug-likeness (QED) is 0.279. The number of hydrogen-bond acceptors (Lipinski definition) is 1. The van der Waals surface area contributed by atoms with Gasteiger partial charge in [-0.15, -0.1) is 0 Å². The zero-order chi connectivity index (χ0) is 22.6. The summed E-state index contributed by atoms with van der Waals surface area (Å²) < 4.78 is 4.87. The van der Waals surface area contributed by atoms with Gasteiger partial charge in [0, 0.05) is 35.6 Å². The van der Waals surface area contributed by atoms with Crippen LogP contribution in [0, 0.1) is 6.92 Å². The number of pyridine rings is 2. The Hall–Kier alpha value is -4.24. The lowest BCUT2D eigenvalue weighted by Gasteiger charge is -2.30. The topological polar surface area (TPSA) is 11.0 Å². The average Bonchev–Trinajstić information content (AvgIpc) is 2.91. The molecule has 0 saturated heterocycles. The molecule has 4 heterocycles. The second-order valence-electron chi connectivity index (χ2n) is 9.11. The Labute approximate surface area is 199 Å². The van der Waals surface area contributed by atoms with Crippen molar-refractivity contribution in [1.82, 2.24) is 0 Å². The summed E-state index contributed by atoms with van der Waals surface area (Å²) >= 11 is 0. The van der Waals surface area contributed by atoms with E-state index in [-0.39, 0.29) is 6.04 Å². The van der Waals surface area contributed by atoms with Gasteiger partial charge in [-0.2, -0.15) is 9.13 Å². The molecule has 0 fully saturated rings. The van der Waals surface area contributed by atoms with E-state index < -0.39 is 0 Å². The van der Waals surface area contributed by atoms with Crippen LogP contribution < -0.4 is 14.0 Å². The minimum Gasteiger partial charge on any atom is -0.310 e. The number of nitrogens with zero attached hydrogens (tertiary/aromatic N) is 3. The maximum absolute atomic E-state index is 2.48. The van der Waals surface area contributed by atoms with Crippen LogP contribution in [-0.2, 0) is 6.54 Å². The first-order valence-corrected chi connectivity index (χ1v) is 11.9. The number of rotatable bonds is 1. The van der Waals surface area contributed by atoms with Crippen molar-refractivity contribution in [3.05, 3.63) is 127 Å². The summed E-state index contributed by atoms with van der Waals surface area (Å²) in [6, 6.07) is 37.5. The van der Waals surface area contributed by atoms with Crippen LogP contribution in [0.4, 0.5) is 17.1 Å². The molecule has 34 heavy (non-hydrogen) atoms. The normalized spacial score (nSPS) is 15.3. The third kappa shape index (κ3) is 2.70. The highest BCUT2D eigenvalue weighted by Gasteiger charge is 2.42. The molecule has 0 spiro atoms. The molecule has 0 saturated carbocycles. The molecule has 162 valence electrons. The van der Waals surface area contributed by atoms with E-state index in [0.29, 0.717) is 0 Å². The summed E-state index contributed by atoms with van der Waals surface area (Å²) in [6.07, 6.45) is 4.46. The molecule has 3 aromatic carbocycles. The Morgan fingerprint density at radius 3 is 2.21 bits per heavy atom. The van der Waals surface area contributed by atoms with Crippen molar-refractivity contribution in [3.63, 3.8) is 0 Å². The second kappa shape index (κ2) is 7.39. The summed E-state index contributed by atoms with van der Waals surface area (Å²) in [5.41, 5.74) is 11.4. The summed E-state index contributed by atoms with van der Waals surface area (Å²) in [6.45, 7) is 3.14. The number of benzene rings is 3. The summed E-state index contributed by atoms with van der Waals surface area (Å²) in [5.74, 6) is 0. The van der Waals surface area contributed by atoms with Crippen molar-refractivity contribution in [1.29, 1.82) is 0 Å². The molecule has 2 bridgehead atoms. The van der Waals surface area contributed by atoms with Crippen molar-refractivity contribution >= 4 is 17.1 Å². The fourth-order valence-electron chi connectivity index (χ4n) is 5.79. The molecule has 0 N–H and O–H groups in total. The maximum Gasteiger partial charge on any atom is 0.245 e. The molecule has 1 atom stereocenters. The number of aromatic nitrogens is 2. The van der Waals surface area contributed by atoms with Gasteiger partial charge in [-0.3, -0.25) is 0 Å². The van der Waals surface area contributed by atoms with Gasteiger partial charge in [0.05, 0.1) is 22.4 Å². The second-order valence-corrected chi connectivity index (χ2v) is 9.11. The van der Waals surface area contributed by atoms with Crippen LogP contribution in [0.3, 0.4) is 0 Å². The fraction of sp³-hybridized carbons (Fsp3) is 0.0968. The molecule has 1 unspecified atom stereocenters. The lowest BCUT2D eigenvalue weighted by Crippen LogP contribution is -2.53. The van der Waals surface area contributed by atoms with Crippen molar-refractivity contribution in [2.24, 2.45) is 0 Å². The molecule has 0 amide bonds. The van der Waals surface area contributed by atoms with Gasteiger partial charge in [-0.1, -0.05) is 30.3 Å². The molecule has 7 rings (SSSR count). The van der Waals surface area contributed by atoms with E-state index in [0.717, 1.165) is 6.54 Å². The summed E-state index contributed by atoms with van der Waals surface area (Å²) in [7, 11) is 0. The molecule has 3 heteroatoms. The van der Waals surface area contributed by atoms with Gasteiger partial charge in [-0.05, 0) is 61.0 Å². The van der Waals surface area contributed by atoms with Crippen LogP contribution in [0.5, 0.6) is 0 Å². The molecular formula is C31H25N3+2. The zero-order valence-corrected chi connectivity index (χ0v) is 19.1. The van der Waals surface area contributed by atoms with Crippen LogP contribution >= 0.6 is 0 Å². The minimum absolute atomic E-state index is 0.169. The summed E-state index contributed by atoms with van der Waals surface area (Å²) in [4.78, 5) is 2.45. The molecule has 2 aromatic heterocycles. The first-order valence-electron chi connectivity index (χ1n) is 11.9. The molecule has 2 aliphatic heterocycles. The minimum atomic E-state index is 0.169. The Balaban J connectivity index is 1.66. The molecule has 3 nitrogen and oxygen atoms in total. The lowest BCUT2D eigenvalue weighted by molar-refractivity contribution is -0.784. The van der Waals surface area contributed by atoms with E-state index in [1.54, 1.807) is 0 Å².